The average molecular weight is 425 g/mol. The van der Waals surface area contributed by atoms with Gasteiger partial charge in [-0.05, 0) is 38.8 Å². The van der Waals surface area contributed by atoms with Crippen molar-refractivity contribution in [2.75, 3.05) is 5.32 Å². The molecule has 6 nitrogen and oxygen atoms in total. The number of hydrogen-bond donors (Lipinski definition) is 2. The van der Waals surface area contributed by atoms with Gasteiger partial charge in [0, 0.05) is 33.9 Å². The van der Waals surface area contributed by atoms with Crippen LogP contribution >= 0.6 is 11.8 Å². The predicted molar refractivity (Wildman–Crippen MR) is 119 cm³/mol. The Morgan fingerprint density at radius 2 is 1.97 bits per heavy atom. The lowest BCUT2D eigenvalue weighted by Gasteiger charge is -2.10. The van der Waals surface area contributed by atoms with Crippen LogP contribution in [0.25, 0.3) is 0 Å². The largest absolute Gasteiger partial charge is 0.361 e. The summed E-state index contributed by atoms with van der Waals surface area (Å²) in [6.07, 6.45) is 7.54. The molecule has 1 aliphatic rings. The molecule has 0 spiro atoms. The predicted octanol–water partition coefficient (Wildman–Crippen LogP) is 6.00. The number of hydrogen-bond acceptors (Lipinski definition) is 5. The summed E-state index contributed by atoms with van der Waals surface area (Å²) in [7, 11) is 0. The van der Waals surface area contributed by atoms with E-state index in [1.807, 2.05) is 44.2 Å². The third-order valence-corrected chi connectivity index (χ3v) is 6.92. The van der Waals surface area contributed by atoms with Crippen LogP contribution < -0.4 is 5.32 Å². The molecule has 1 saturated carbocycles. The fraction of sp³-hybridized carbons (Fsp3) is 0.435. The highest BCUT2D eigenvalue weighted by Gasteiger charge is 2.19. The number of nitrogens with one attached hydrogen (secondary N) is 2. The molecule has 4 rings (SSSR count). The Labute approximate surface area is 181 Å². The number of aromatic nitrogens is 3. The fourth-order valence-corrected chi connectivity index (χ4v) is 5.22. The van der Waals surface area contributed by atoms with Crippen LogP contribution in [0.1, 0.15) is 77.5 Å². The zero-order chi connectivity index (χ0) is 20.9. The van der Waals surface area contributed by atoms with Gasteiger partial charge in [-0.2, -0.15) is 5.10 Å². The minimum atomic E-state index is -0.143. The molecule has 0 saturated heterocycles. The molecule has 1 aromatic carbocycles. The van der Waals surface area contributed by atoms with Gasteiger partial charge >= 0.3 is 0 Å². The van der Waals surface area contributed by atoms with Crippen LogP contribution in [0.2, 0.25) is 0 Å². The molecule has 2 N–H and O–H groups in total. The lowest BCUT2D eigenvalue weighted by Crippen LogP contribution is -2.13. The topological polar surface area (TPSA) is 83.8 Å². The van der Waals surface area contributed by atoms with Crippen LogP contribution in [0.15, 0.2) is 39.8 Å². The van der Waals surface area contributed by atoms with Crippen LogP contribution in [0.5, 0.6) is 0 Å². The molecule has 30 heavy (non-hydrogen) atoms. The van der Waals surface area contributed by atoms with Crippen molar-refractivity contribution in [2.45, 2.75) is 68.9 Å². The van der Waals surface area contributed by atoms with Crippen molar-refractivity contribution < 1.29 is 9.32 Å². The molecule has 1 fully saturated rings. The number of carbonyl (C=O) groups is 1. The van der Waals surface area contributed by atoms with Gasteiger partial charge < -0.3 is 9.84 Å². The molecule has 1 amide bonds. The molecule has 2 heterocycles. The monoisotopic (exact) mass is 424 g/mol. The maximum atomic E-state index is 13.0. The molecule has 2 aromatic heterocycles. The minimum absolute atomic E-state index is 0.143. The van der Waals surface area contributed by atoms with Crippen molar-refractivity contribution >= 4 is 23.5 Å². The van der Waals surface area contributed by atoms with Gasteiger partial charge in [0.1, 0.15) is 5.76 Å². The summed E-state index contributed by atoms with van der Waals surface area (Å²) in [6, 6.07) is 9.65. The summed E-state index contributed by atoms with van der Waals surface area (Å²) < 4.78 is 5.25. The molecule has 158 valence electrons. The van der Waals surface area contributed by atoms with E-state index in [0.29, 0.717) is 23.1 Å². The number of benzene rings is 1. The standard InChI is InChI=1S/C23H28N4O2S/c1-15-19(16(2)29-27-15)14-30-21-12-8-7-11-18(21)23(28)24-22-13-20(25-26-22)17-9-5-3-4-6-10-17/h7-8,11-13,17H,3-6,9-10,14H2,1-2H3,(H2,24,25,26,28). The smallest absolute Gasteiger partial charge is 0.257 e. The van der Waals surface area contributed by atoms with Crippen LogP contribution in [0, 0.1) is 13.8 Å². The van der Waals surface area contributed by atoms with Gasteiger partial charge in [0.25, 0.3) is 5.91 Å². The second-order valence-corrected chi connectivity index (χ2v) is 8.96. The summed E-state index contributed by atoms with van der Waals surface area (Å²) in [5.74, 6) is 2.49. The van der Waals surface area contributed by atoms with Crippen LogP contribution in [0.3, 0.4) is 0 Å². The number of carbonyl (C=O) groups excluding carboxylic acids is 1. The van der Waals surface area contributed by atoms with E-state index >= 15 is 0 Å². The SMILES string of the molecule is Cc1noc(C)c1CSc1ccccc1C(=O)Nc1cc(C2CCCCCC2)[nH]n1. The Kier molecular flexibility index (Phi) is 6.57. The third kappa shape index (κ3) is 4.78. The van der Waals surface area contributed by atoms with E-state index in [0.717, 1.165) is 27.6 Å². The maximum absolute atomic E-state index is 13.0. The van der Waals surface area contributed by atoms with Crippen molar-refractivity contribution in [2.24, 2.45) is 0 Å². The van der Waals surface area contributed by atoms with Gasteiger partial charge in [-0.25, -0.2) is 0 Å². The molecule has 7 heteroatoms. The van der Waals surface area contributed by atoms with Gasteiger partial charge in [0.2, 0.25) is 0 Å². The van der Waals surface area contributed by atoms with Crippen LogP contribution in [-0.4, -0.2) is 21.3 Å². The Balaban J connectivity index is 1.44. The van der Waals surface area contributed by atoms with E-state index in [-0.39, 0.29) is 5.91 Å². The first-order valence-electron chi connectivity index (χ1n) is 10.6. The molecular formula is C23H28N4O2S. The zero-order valence-electron chi connectivity index (χ0n) is 17.5. The minimum Gasteiger partial charge on any atom is -0.361 e. The Morgan fingerprint density at radius 1 is 1.20 bits per heavy atom. The van der Waals surface area contributed by atoms with Gasteiger partial charge in [-0.15, -0.1) is 11.8 Å². The first-order valence-corrected chi connectivity index (χ1v) is 11.6. The van der Waals surface area contributed by atoms with Crippen molar-refractivity contribution in [1.82, 2.24) is 15.4 Å². The number of anilines is 1. The second kappa shape index (κ2) is 9.51. The number of aromatic amines is 1. The highest BCUT2D eigenvalue weighted by Crippen LogP contribution is 2.32. The summed E-state index contributed by atoms with van der Waals surface area (Å²) in [5.41, 5.74) is 3.75. The van der Waals surface area contributed by atoms with Crippen LogP contribution in [0.4, 0.5) is 5.82 Å². The van der Waals surface area contributed by atoms with E-state index < -0.39 is 0 Å². The third-order valence-electron chi connectivity index (χ3n) is 5.82. The summed E-state index contributed by atoms with van der Waals surface area (Å²) >= 11 is 1.61. The number of nitrogens with zero attached hydrogens (tertiary/aromatic N) is 2. The molecule has 0 atom stereocenters. The van der Waals surface area contributed by atoms with Gasteiger partial charge in [-0.3, -0.25) is 9.89 Å². The molecule has 0 bridgehead atoms. The number of amides is 1. The van der Waals surface area contributed by atoms with Crippen molar-refractivity contribution in [3.05, 3.63) is 58.6 Å². The quantitative estimate of drug-likeness (QED) is 0.375. The van der Waals surface area contributed by atoms with Gasteiger partial charge in [-0.1, -0.05) is 43.0 Å². The number of rotatable bonds is 6. The van der Waals surface area contributed by atoms with Crippen molar-refractivity contribution in [3.8, 4) is 0 Å². The number of aryl methyl sites for hydroxylation is 2. The average Bonchev–Trinajstić information content (AvgIpc) is 3.22. The lowest BCUT2D eigenvalue weighted by molar-refractivity contribution is 0.102. The van der Waals surface area contributed by atoms with E-state index in [9.17, 15) is 4.79 Å². The maximum Gasteiger partial charge on any atom is 0.257 e. The molecule has 0 radical (unpaired) electrons. The molecule has 3 aromatic rings. The van der Waals surface area contributed by atoms with Crippen molar-refractivity contribution in [3.63, 3.8) is 0 Å². The van der Waals surface area contributed by atoms with Gasteiger partial charge in [0.05, 0.1) is 11.3 Å². The highest BCUT2D eigenvalue weighted by molar-refractivity contribution is 7.98. The fourth-order valence-electron chi connectivity index (χ4n) is 4.02. The number of H-pyrrole nitrogens is 1. The normalized spacial score (nSPS) is 15.1. The molecule has 0 unspecified atom stereocenters. The van der Waals surface area contributed by atoms with E-state index in [1.54, 1.807) is 11.8 Å². The molecule has 1 aliphatic carbocycles. The Bertz CT molecular complexity index is 983. The second-order valence-electron chi connectivity index (χ2n) is 7.94. The molecule has 0 aliphatic heterocycles. The van der Waals surface area contributed by atoms with Crippen molar-refractivity contribution in [1.29, 1.82) is 0 Å². The zero-order valence-corrected chi connectivity index (χ0v) is 18.3. The van der Waals surface area contributed by atoms with Crippen LogP contribution in [-0.2, 0) is 5.75 Å². The Morgan fingerprint density at radius 3 is 2.70 bits per heavy atom. The summed E-state index contributed by atoms with van der Waals surface area (Å²) in [5, 5.41) is 14.5. The van der Waals surface area contributed by atoms with E-state index in [1.165, 1.54) is 38.5 Å². The molecular weight excluding hydrogens is 396 g/mol. The van der Waals surface area contributed by atoms with E-state index in [2.05, 4.69) is 20.7 Å². The lowest BCUT2D eigenvalue weighted by atomic mass is 9.97. The first kappa shape index (κ1) is 20.7. The highest BCUT2D eigenvalue weighted by atomic mass is 32.2. The summed E-state index contributed by atoms with van der Waals surface area (Å²) in [4.78, 5) is 13.9. The Hall–Kier alpha value is -2.54. The summed E-state index contributed by atoms with van der Waals surface area (Å²) in [6.45, 7) is 3.85. The number of thioether (sulfide) groups is 1. The van der Waals surface area contributed by atoms with Gasteiger partial charge in [0.15, 0.2) is 5.82 Å². The first-order chi connectivity index (χ1) is 14.6. The van der Waals surface area contributed by atoms with E-state index in [4.69, 9.17) is 4.52 Å².